The third-order valence-electron chi connectivity index (χ3n) is 2.52. The molecule has 0 amide bonds. The Balaban J connectivity index is 1.75. The molecule has 1 saturated carbocycles. The number of rotatable bonds is 4. The summed E-state index contributed by atoms with van der Waals surface area (Å²) in [6.07, 6.45) is 2.57. The number of hydrogen-bond donors (Lipinski definition) is 1. The molecule has 1 heterocycles. The normalized spacial score (nSPS) is 26.3. The lowest BCUT2D eigenvalue weighted by molar-refractivity contribution is 0.597. The second-order valence-electron chi connectivity index (χ2n) is 3.59. The van der Waals surface area contributed by atoms with Crippen LogP contribution in [-0.4, -0.2) is 26.2 Å². The van der Waals surface area contributed by atoms with E-state index in [1.807, 2.05) is 0 Å². The molecular weight excluding hydrogens is 166 g/mol. The highest BCUT2D eigenvalue weighted by molar-refractivity contribution is 4.93. The van der Waals surface area contributed by atoms with E-state index in [2.05, 4.69) is 27.7 Å². The van der Waals surface area contributed by atoms with Gasteiger partial charge in [-0.05, 0) is 17.6 Å². The lowest BCUT2D eigenvalue weighted by Gasteiger charge is -1.97. The van der Waals surface area contributed by atoms with Gasteiger partial charge in [-0.1, -0.05) is 13.3 Å². The van der Waals surface area contributed by atoms with Gasteiger partial charge in [0.25, 0.3) is 0 Å². The van der Waals surface area contributed by atoms with Gasteiger partial charge in [0.15, 0.2) is 5.82 Å². The fraction of sp³-hybridized carbons (Fsp3) is 0.875. The molecule has 2 unspecified atom stereocenters. The van der Waals surface area contributed by atoms with Crippen molar-refractivity contribution in [1.29, 1.82) is 0 Å². The molecular formula is C8H15N5. The van der Waals surface area contributed by atoms with E-state index in [1.165, 1.54) is 17.6 Å². The lowest BCUT2D eigenvalue weighted by atomic mass is 10.3. The average molecular weight is 181 g/mol. The van der Waals surface area contributed by atoms with Crippen molar-refractivity contribution < 1.29 is 0 Å². The van der Waals surface area contributed by atoms with E-state index in [9.17, 15) is 0 Å². The molecule has 0 aliphatic heterocycles. The third-order valence-corrected chi connectivity index (χ3v) is 2.52. The molecule has 2 rings (SSSR count). The third kappa shape index (κ3) is 2.03. The largest absolute Gasteiger partial charge is 0.307 e. The highest BCUT2D eigenvalue weighted by Crippen LogP contribution is 2.33. The van der Waals surface area contributed by atoms with E-state index in [4.69, 9.17) is 0 Å². The molecule has 0 radical (unpaired) electrons. The first-order valence-corrected chi connectivity index (χ1v) is 4.76. The standard InChI is InChI=1S/C8H15N5/c1-3-6-4-7(6)9-5-8-10-12-13(2)11-8/h6-7,9H,3-5H2,1-2H3. The summed E-state index contributed by atoms with van der Waals surface area (Å²) in [6, 6.07) is 0.689. The molecule has 1 aliphatic rings. The van der Waals surface area contributed by atoms with Crippen molar-refractivity contribution in [1.82, 2.24) is 25.5 Å². The lowest BCUT2D eigenvalue weighted by Crippen LogP contribution is -2.18. The number of nitrogens with zero attached hydrogens (tertiary/aromatic N) is 4. The molecule has 1 N–H and O–H groups in total. The number of aromatic nitrogens is 4. The highest BCUT2D eigenvalue weighted by Gasteiger charge is 2.34. The van der Waals surface area contributed by atoms with Crippen molar-refractivity contribution in [3.8, 4) is 0 Å². The number of nitrogens with one attached hydrogen (secondary N) is 1. The highest BCUT2D eigenvalue weighted by atomic mass is 15.6. The molecule has 72 valence electrons. The smallest absolute Gasteiger partial charge is 0.188 e. The molecule has 13 heavy (non-hydrogen) atoms. The minimum Gasteiger partial charge on any atom is -0.307 e. The topological polar surface area (TPSA) is 55.6 Å². The minimum absolute atomic E-state index is 0.689. The van der Waals surface area contributed by atoms with Gasteiger partial charge in [-0.3, -0.25) is 0 Å². The summed E-state index contributed by atoms with van der Waals surface area (Å²) in [5.41, 5.74) is 0. The summed E-state index contributed by atoms with van der Waals surface area (Å²) < 4.78 is 0. The zero-order valence-corrected chi connectivity index (χ0v) is 8.06. The van der Waals surface area contributed by atoms with Crippen LogP contribution in [0.1, 0.15) is 25.6 Å². The molecule has 1 fully saturated rings. The molecule has 5 nitrogen and oxygen atoms in total. The second kappa shape index (κ2) is 3.41. The van der Waals surface area contributed by atoms with Crippen LogP contribution in [0, 0.1) is 5.92 Å². The van der Waals surface area contributed by atoms with Crippen LogP contribution in [0.4, 0.5) is 0 Å². The Morgan fingerprint density at radius 3 is 3.00 bits per heavy atom. The van der Waals surface area contributed by atoms with E-state index >= 15 is 0 Å². The maximum absolute atomic E-state index is 4.09. The number of aryl methyl sites for hydroxylation is 1. The van der Waals surface area contributed by atoms with E-state index in [1.54, 1.807) is 7.05 Å². The fourth-order valence-electron chi connectivity index (χ4n) is 1.57. The van der Waals surface area contributed by atoms with Gasteiger partial charge < -0.3 is 5.32 Å². The Bertz CT molecular complexity index is 282. The molecule has 2 atom stereocenters. The monoisotopic (exact) mass is 181 g/mol. The summed E-state index contributed by atoms with van der Waals surface area (Å²) in [7, 11) is 1.78. The van der Waals surface area contributed by atoms with Crippen molar-refractivity contribution in [2.24, 2.45) is 13.0 Å². The quantitative estimate of drug-likeness (QED) is 0.715. The summed E-state index contributed by atoms with van der Waals surface area (Å²) in [6.45, 7) is 2.97. The van der Waals surface area contributed by atoms with E-state index in [-0.39, 0.29) is 0 Å². The van der Waals surface area contributed by atoms with Crippen molar-refractivity contribution in [3.63, 3.8) is 0 Å². The first kappa shape index (κ1) is 8.62. The molecule has 0 saturated heterocycles. The van der Waals surface area contributed by atoms with Crippen molar-refractivity contribution in [3.05, 3.63) is 5.82 Å². The van der Waals surface area contributed by atoms with Gasteiger partial charge in [0.05, 0.1) is 13.6 Å². The summed E-state index contributed by atoms with van der Waals surface area (Å²) >= 11 is 0. The van der Waals surface area contributed by atoms with Crippen LogP contribution in [0.3, 0.4) is 0 Å². The zero-order valence-electron chi connectivity index (χ0n) is 8.06. The van der Waals surface area contributed by atoms with Crippen molar-refractivity contribution in [2.75, 3.05) is 0 Å². The number of tetrazole rings is 1. The summed E-state index contributed by atoms with van der Waals surface area (Å²) in [5.74, 6) is 1.65. The predicted octanol–water partition coefficient (Wildman–Crippen LogP) is 0.0982. The first-order valence-electron chi connectivity index (χ1n) is 4.76. The molecule has 0 bridgehead atoms. The molecule has 1 aromatic heterocycles. The van der Waals surface area contributed by atoms with Crippen LogP contribution in [0.25, 0.3) is 0 Å². The van der Waals surface area contributed by atoms with Gasteiger partial charge in [0.1, 0.15) is 0 Å². The predicted molar refractivity (Wildman–Crippen MR) is 47.8 cm³/mol. The Morgan fingerprint density at radius 2 is 2.46 bits per heavy atom. The van der Waals surface area contributed by atoms with Gasteiger partial charge in [0, 0.05) is 6.04 Å². The van der Waals surface area contributed by atoms with E-state index < -0.39 is 0 Å². The molecule has 0 spiro atoms. The van der Waals surface area contributed by atoms with Crippen LogP contribution >= 0.6 is 0 Å². The zero-order chi connectivity index (χ0) is 9.26. The van der Waals surface area contributed by atoms with Gasteiger partial charge in [0.2, 0.25) is 0 Å². The van der Waals surface area contributed by atoms with Crippen LogP contribution in [-0.2, 0) is 13.6 Å². The van der Waals surface area contributed by atoms with Gasteiger partial charge >= 0.3 is 0 Å². The molecule has 5 heteroatoms. The van der Waals surface area contributed by atoms with Crippen LogP contribution in [0.5, 0.6) is 0 Å². The van der Waals surface area contributed by atoms with E-state index in [0.717, 1.165) is 18.3 Å². The Labute approximate surface area is 77.5 Å². The van der Waals surface area contributed by atoms with Crippen molar-refractivity contribution >= 4 is 0 Å². The average Bonchev–Trinajstić information content (AvgIpc) is 2.78. The Morgan fingerprint density at radius 1 is 1.62 bits per heavy atom. The van der Waals surface area contributed by atoms with Gasteiger partial charge in [-0.15, -0.1) is 10.2 Å². The fourth-order valence-corrected chi connectivity index (χ4v) is 1.57. The minimum atomic E-state index is 0.689. The summed E-state index contributed by atoms with van der Waals surface area (Å²) in [5, 5.41) is 15.2. The SMILES string of the molecule is CCC1CC1NCc1nnn(C)n1. The molecule has 1 aliphatic carbocycles. The Hall–Kier alpha value is -0.970. The second-order valence-corrected chi connectivity index (χ2v) is 3.59. The van der Waals surface area contributed by atoms with Gasteiger partial charge in [-0.2, -0.15) is 4.80 Å². The van der Waals surface area contributed by atoms with Crippen LogP contribution < -0.4 is 5.32 Å². The maximum atomic E-state index is 4.09. The first-order chi connectivity index (χ1) is 6.29. The molecule has 1 aromatic rings. The van der Waals surface area contributed by atoms with E-state index in [0.29, 0.717) is 6.04 Å². The maximum Gasteiger partial charge on any atom is 0.188 e. The van der Waals surface area contributed by atoms with Crippen LogP contribution in [0.2, 0.25) is 0 Å². The van der Waals surface area contributed by atoms with Crippen LogP contribution in [0.15, 0.2) is 0 Å². The molecule has 0 aromatic carbocycles. The summed E-state index contributed by atoms with van der Waals surface area (Å²) in [4.78, 5) is 1.49. The van der Waals surface area contributed by atoms with Crippen molar-refractivity contribution in [2.45, 2.75) is 32.4 Å². The van der Waals surface area contributed by atoms with Gasteiger partial charge in [-0.25, -0.2) is 0 Å². The number of hydrogen-bond acceptors (Lipinski definition) is 4. The Kier molecular flexibility index (Phi) is 2.26.